The second kappa shape index (κ2) is 7.88. The highest BCUT2D eigenvalue weighted by molar-refractivity contribution is 5.70. The van der Waals surface area contributed by atoms with E-state index in [0.29, 0.717) is 12.8 Å². The molecule has 0 aliphatic carbocycles. The average molecular weight is 396 g/mol. The minimum absolute atomic E-state index is 0.184. The monoisotopic (exact) mass is 395 g/mol. The van der Waals surface area contributed by atoms with Gasteiger partial charge < -0.3 is 9.14 Å². The topological polar surface area (TPSA) is 29.8 Å². The van der Waals surface area contributed by atoms with E-state index in [2.05, 4.69) is 66.6 Å². The van der Waals surface area contributed by atoms with Crippen LogP contribution in [0.4, 0.5) is 4.39 Å². The molecule has 1 saturated heterocycles. The third kappa shape index (κ3) is 4.07. The predicted molar refractivity (Wildman–Crippen MR) is 115 cm³/mol. The zero-order chi connectivity index (χ0) is 20.6. The van der Waals surface area contributed by atoms with Crippen molar-refractivity contribution in [3.8, 4) is 11.3 Å². The van der Waals surface area contributed by atoms with Crippen molar-refractivity contribution >= 4 is 5.65 Å². The molecule has 0 unspecified atom stereocenters. The molecule has 3 heterocycles. The molecule has 0 bridgehead atoms. The van der Waals surface area contributed by atoms with Crippen LogP contribution in [0.1, 0.15) is 35.2 Å². The number of aryl methyl sites for hydroxylation is 3. The maximum Gasteiger partial charge on any atom is 0.137 e. The number of alkyl halides is 1. The van der Waals surface area contributed by atoms with Crippen LogP contribution >= 0.6 is 0 Å². The Bertz CT molecular complexity index is 1020. The van der Waals surface area contributed by atoms with Crippen LogP contribution in [-0.2, 0) is 11.3 Å². The molecule has 29 heavy (non-hydrogen) atoms. The molecular weight excluding hydrogens is 365 g/mol. The summed E-state index contributed by atoms with van der Waals surface area (Å²) >= 11 is 0. The van der Waals surface area contributed by atoms with Crippen molar-refractivity contribution in [3.05, 3.63) is 58.9 Å². The van der Waals surface area contributed by atoms with E-state index in [1.54, 1.807) is 7.11 Å². The van der Waals surface area contributed by atoms with Gasteiger partial charge in [0.15, 0.2) is 0 Å². The molecule has 4 nitrogen and oxygen atoms in total. The van der Waals surface area contributed by atoms with Crippen molar-refractivity contribution in [2.75, 3.05) is 26.8 Å². The summed E-state index contributed by atoms with van der Waals surface area (Å²) in [6.07, 6.45) is 3.13. The van der Waals surface area contributed by atoms with Crippen LogP contribution in [0.2, 0.25) is 0 Å². The second-order valence-corrected chi connectivity index (χ2v) is 8.52. The molecule has 0 radical (unpaired) electrons. The third-order valence-corrected chi connectivity index (χ3v) is 6.06. The van der Waals surface area contributed by atoms with Crippen LogP contribution in [0, 0.1) is 20.8 Å². The number of ether oxygens (including phenoxy) is 1. The van der Waals surface area contributed by atoms with E-state index < -0.39 is 5.67 Å². The van der Waals surface area contributed by atoms with Crippen molar-refractivity contribution in [1.29, 1.82) is 0 Å². The summed E-state index contributed by atoms with van der Waals surface area (Å²) in [7, 11) is 1.57. The Morgan fingerprint density at radius 3 is 2.52 bits per heavy atom. The molecule has 0 saturated carbocycles. The molecule has 154 valence electrons. The van der Waals surface area contributed by atoms with Crippen molar-refractivity contribution in [2.24, 2.45) is 0 Å². The molecule has 1 aliphatic rings. The van der Waals surface area contributed by atoms with Gasteiger partial charge in [-0.05, 0) is 62.9 Å². The fourth-order valence-electron chi connectivity index (χ4n) is 4.28. The van der Waals surface area contributed by atoms with Gasteiger partial charge in [0.25, 0.3) is 0 Å². The molecule has 1 fully saturated rings. The van der Waals surface area contributed by atoms with Gasteiger partial charge in [0, 0.05) is 38.5 Å². The zero-order valence-electron chi connectivity index (χ0n) is 17.8. The first-order chi connectivity index (χ1) is 13.9. The Labute approximate surface area is 172 Å². The normalized spacial score (nSPS) is 17.1. The maximum atomic E-state index is 14.8. The van der Waals surface area contributed by atoms with E-state index in [1.165, 1.54) is 27.9 Å². The fraction of sp³-hybridized carbons (Fsp3) is 0.458. The first-order valence-corrected chi connectivity index (χ1v) is 10.3. The summed E-state index contributed by atoms with van der Waals surface area (Å²) in [4.78, 5) is 7.35. The number of piperidine rings is 1. The lowest BCUT2D eigenvalue weighted by Gasteiger charge is -2.36. The maximum absolute atomic E-state index is 14.8. The van der Waals surface area contributed by atoms with Gasteiger partial charge in [-0.25, -0.2) is 9.37 Å². The summed E-state index contributed by atoms with van der Waals surface area (Å²) in [5.41, 5.74) is 6.80. The number of nitrogens with zero attached hydrogens (tertiary/aromatic N) is 3. The highest BCUT2D eigenvalue weighted by Crippen LogP contribution is 2.32. The number of methoxy groups -OCH3 is 1. The van der Waals surface area contributed by atoms with Gasteiger partial charge in [0.2, 0.25) is 0 Å². The molecule has 1 aromatic carbocycles. The van der Waals surface area contributed by atoms with E-state index >= 15 is 0 Å². The molecule has 3 aromatic rings. The van der Waals surface area contributed by atoms with Gasteiger partial charge in [-0.2, -0.15) is 0 Å². The van der Waals surface area contributed by atoms with Gasteiger partial charge >= 0.3 is 0 Å². The molecule has 5 heteroatoms. The number of pyridine rings is 1. The second-order valence-electron chi connectivity index (χ2n) is 8.52. The smallest absolute Gasteiger partial charge is 0.137 e. The van der Waals surface area contributed by atoms with Crippen LogP contribution < -0.4 is 0 Å². The molecule has 4 rings (SSSR count). The number of fused-ring (bicyclic) bond motifs is 1. The molecule has 2 aromatic heterocycles. The van der Waals surface area contributed by atoms with Crippen molar-refractivity contribution in [3.63, 3.8) is 0 Å². The highest BCUT2D eigenvalue weighted by atomic mass is 19.1. The van der Waals surface area contributed by atoms with Crippen molar-refractivity contribution in [2.45, 2.75) is 45.8 Å². The lowest BCUT2D eigenvalue weighted by atomic mass is 9.94. The molecule has 0 amide bonds. The first kappa shape index (κ1) is 20.0. The van der Waals surface area contributed by atoms with Gasteiger partial charge in [-0.1, -0.05) is 17.7 Å². The Morgan fingerprint density at radius 1 is 1.07 bits per heavy atom. The molecule has 0 atom stereocenters. The molecular formula is C24H30FN3O. The SMILES string of the molecule is COCC1(F)CCN(Cc2c(-c3cc(C)ccc3C)nc3cc(C)ccn23)CC1. The van der Waals surface area contributed by atoms with Crippen LogP contribution in [0.25, 0.3) is 16.9 Å². The van der Waals surface area contributed by atoms with Crippen LogP contribution in [0.3, 0.4) is 0 Å². The van der Waals surface area contributed by atoms with E-state index in [4.69, 9.17) is 9.72 Å². The summed E-state index contributed by atoms with van der Waals surface area (Å²) in [5, 5.41) is 0. The largest absolute Gasteiger partial charge is 0.381 e. The van der Waals surface area contributed by atoms with Gasteiger partial charge in [-0.15, -0.1) is 0 Å². The summed E-state index contributed by atoms with van der Waals surface area (Å²) < 4.78 is 22.1. The minimum Gasteiger partial charge on any atom is -0.381 e. The third-order valence-electron chi connectivity index (χ3n) is 6.06. The predicted octanol–water partition coefficient (Wildman–Crippen LogP) is 4.88. The average Bonchev–Trinajstić information content (AvgIpc) is 3.03. The van der Waals surface area contributed by atoms with Gasteiger partial charge in [0.1, 0.15) is 11.3 Å². The fourth-order valence-corrected chi connectivity index (χ4v) is 4.28. The Morgan fingerprint density at radius 2 is 1.79 bits per heavy atom. The Balaban J connectivity index is 1.71. The van der Waals surface area contributed by atoms with Crippen LogP contribution in [-0.4, -0.2) is 46.8 Å². The summed E-state index contributed by atoms with van der Waals surface area (Å²) in [6, 6.07) is 10.8. The summed E-state index contributed by atoms with van der Waals surface area (Å²) in [6.45, 7) is 8.74. The van der Waals surface area contributed by atoms with Crippen LogP contribution in [0.15, 0.2) is 36.5 Å². The van der Waals surface area contributed by atoms with E-state index in [9.17, 15) is 4.39 Å². The van der Waals surface area contributed by atoms with Gasteiger partial charge in [-0.3, -0.25) is 4.90 Å². The van der Waals surface area contributed by atoms with Crippen LogP contribution in [0.5, 0.6) is 0 Å². The van der Waals surface area contributed by atoms with E-state index in [0.717, 1.165) is 31.0 Å². The molecule has 0 spiro atoms. The number of hydrogen-bond donors (Lipinski definition) is 0. The molecule has 1 aliphatic heterocycles. The van der Waals surface area contributed by atoms with E-state index in [1.807, 2.05) is 0 Å². The van der Waals surface area contributed by atoms with Crippen molar-refractivity contribution < 1.29 is 9.13 Å². The quantitative estimate of drug-likeness (QED) is 0.617. The first-order valence-electron chi connectivity index (χ1n) is 10.3. The number of aromatic nitrogens is 2. The number of rotatable bonds is 5. The van der Waals surface area contributed by atoms with Gasteiger partial charge in [0.05, 0.1) is 18.0 Å². The Hall–Kier alpha value is -2.24. The Kier molecular flexibility index (Phi) is 5.45. The highest BCUT2D eigenvalue weighted by Gasteiger charge is 2.35. The number of hydrogen-bond acceptors (Lipinski definition) is 3. The van der Waals surface area contributed by atoms with E-state index in [-0.39, 0.29) is 6.61 Å². The van der Waals surface area contributed by atoms with Crippen molar-refractivity contribution in [1.82, 2.24) is 14.3 Å². The molecule has 0 N–H and O–H groups in total. The number of likely N-dealkylation sites (tertiary alicyclic amines) is 1. The minimum atomic E-state index is -1.20. The summed E-state index contributed by atoms with van der Waals surface area (Å²) in [5.74, 6) is 0. The lowest BCUT2D eigenvalue weighted by molar-refractivity contribution is -0.0104. The lowest BCUT2D eigenvalue weighted by Crippen LogP contribution is -2.44. The standard InChI is InChI=1S/C24H30FN3O/c1-17-5-6-19(3)20(13-17)23-21(28-10-7-18(2)14-22(28)26-23)15-27-11-8-24(25,9-12-27)16-29-4/h5-7,10,13-14H,8-9,11-12,15-16H2,1-4H3. The number of benzene rings is 1. The number of imidazole rings is 1. The number of halogens is 1. The zero-order valence-corrected chi connectivity index (χ0v) is 17.8.